The molecule has 110 valence electrons. The third kappa shape index (κ3) is 4.20. The highest BCUT2D eigenvalue weighted by atomic mass is 79.9. The fourth-order valence-electron chi connectivity index (χ4n) is 2.35. The molecule has 6 heteroatoms. The molecule has 20 heavy (non-hydrogen) atoms. The maximum Gasteiger partial charge on any atom is 0.255 e. The minimum absolute atomic E-state index is 0.0250. The molecule has 0 bridgehead atoms. The van der Waals surface area contributed by atoms with Gasteiger partial charge in [-0.2, -0.15) is 0 Å². The Balaban J connectivity index is 2.07. The first-order chi connectivity index (χ1) is 9.61. The summed E-state index contributed by atoms with van der Waals surface area (Å²) in [5.41, 5.74) is 0.579. The second kappa shape index (κ2) is 7.78. The smallest absolute Gasteiger partial charge is 0.255 e. The maximum atomic E-state index is 12.6. The van der Waals surface area contributed by atoms with Crippen molar-refractivity contribution in [1.82, 2.24) is 9.80 Å². The van der Waals surface area contributed by atoms with Crippen molar-refractivity contribution in [2.24, 2.45) is 0 Å². The number of carbonyl (C=O) groups excluding carboxylic acids is 1. The number of nitrogens with zero attached hydrogens (tertiary/aromatic N) is 2. The predicted molar refractivity (Wildman–Crippen MR) is 89.9 cm³/mol. The van der Waals surface area contributed by atoms with E-state index in [2.05, 4.69) is 36.8 Å². The summed E-state index contributed by atoms with van der Waals surface area (Å²) in [7, 11) is 0. The van der Waals surface area contributed by atoms with Crippen LogP contribution < -0.4 is 0 Å². The van der Waals surface area contributed by atoms with E-state index in [1.807, 2.05) is 11.0 Å². The fourth-order valence-corrected chi connectivity index (χ4v) is 3.41. The van der Waals surface area contributed by atoms with Crippen LogP contribution in [0.4, 0.5) is 0 Å². The zero-order chi connectivity index (χ0) is 14.5. The van der Waals surface area contributed by atoms with Gasteiger partial charge < -0.3 is 9.80 Å². The number of hydrogen-bond acceptors (Lipinski definition) is 2. The Morgan fingerprint density at radius 2 is 2.05 bits per heavy atom. The summed E-state index contributed by atoms with van der Waals surface area (Å²) >= 11 is 13.0. The predicted octanol–water partition coefficient (Wildman–Crippen LogP) is 3.65. The van der Waals surface area contributed by atoms with Crippen LogP contribution in [-0.4, -0.2) is 53.8 Å². The van der Waals surface area contributed by atoms with Gasteiger partial charge in [-0.1, -0.05) is 43.5 Å². The summed E-state index contributed by atoms with van der Waals surface area (Å²) in [6.45, 7) is 4.54. The van der Waals surface area contributed by atoms with Crippen molar-refractivity contribution in [3.05, 3.63) is 33.3 Å². The Hall–Kier alpha value is -0.100. The molecule has 1 aromatic rings. The molecule has 1 aliphatic rings. The Kier molecular flexibility index (Phi) is 6.33. The van der Waals surface area contributed by atoms with Crippen molar-refractivity contribution in [2.45, 2.75) is 6.42 Å². The number of halogens is 3. The summed E-state index contributed by atoms with van der Waals surface area (Å²) in [5, 5.41) is 1.48. The van der Waals surface area contributed by atoms with Gasteiger partial charge in [0.15, 0.2) is 0 Å². The Labute approximate surface area is 141 Å². The molecule has 0 saturated carbocycles. The lowest BCUT2D eigenvalue weighted by atomic mass is 10.2. The first kappa shape index (κ1) is 16.3. The molecule has 0 atom stereocenters. The van der Waals surface area contributed by atoms with Gasteiger partial charge in [0.25, 0.3) is 5.91 Å². The summed E-state index contributed by atoms with van der Waals surface area (Å²) in [6, 6.07) is 5.40. The lowest BCUT2D eigenvalue weighted by molar-refractivity contribution is 0.0762. The Morgan fingerprint density at radius 1 is 1.25 bits per heavy atom. The second-order valence-electron chi connectivity index (χ2n) is 4.80. The molecule has 0 radical (unpaired) electrons. The van der Waals surface area contributed by atoms with E-state index in [1.54, 1.807) is 12.1 Å². The quantitative estimate of drug-likeness (QED) is 0.692. The first-order valence-corrected chi connectivity index (χ1v) is 8.93. The van der Waals surface area contributed by atoms with Crippen LogP contribution in [-0.2, 0) is 0 Å². The van der Waals surface area contributed by atoms with Crippen molar-refractivity contribution < 1.29 is 4.79 Å². The minimum atomic E-state index is 0.0250. The molecule has 1 saturated heterocycles. The fraction of sp³-hybridized carbons (Fsp3) is 0.500. The van der Waals surface area contributed by atoms with Crippen molar-refractivity contribution in [1.29, 1.82) is 0 Å². The molecule has 0 N–H and O–H groups in total. The van der Waals surface area contributed by atoms with Crippen LogP contribution in [0.2, 0.25) is 5.02 Å². The summed E-state index contributed by atoms with van der Waals surface area (Å²) in [6.07, 6.45) is 1.00. The molecule has 0 unspecified atom stereocenters. The van der Waals surface area contributed by atoms with E-state index in [-0.39, 0.29) is 5.91 Å². The lowest BCUT2D eigenvalue weighted by Crippen LogP contribution is -2.35. The second-order valence-corrected chi connectivity index (χ2v) is 6.92. The van der Waals surface area contributed by atoms with Crippen LogP contribution in [0.3, 0.4) is 0 Å². The number of carbonyl (C=O) groups is 1. The summed E-state index contributed by atoms with van der Waals surface area (Å²) < 4.78 is 0.876. The lowest BCUT2D eigenvalue weighted by Gasteiger charge is -2.22. The molecule has 3 nitrogen and oxygen atoms in total. The number of amides is 1. The highest BCUT2D eigenvalue weighted by Gasteiger charge is 2.21. The van der Waals surface area contributed by atoms with Crippen molar-refractivity contribution in [3.63, 3.8) is 0 Å². The highest BCUT2D eigenvalue weighted by molar-refractivity contribution is 9.10. The van der Waals surface area contributed by atoms with Crippen LogP contribution in [0, 0.1) is 0 Å². The Bertz CT molecular complexity index is 484. The number of alkyl halides is 1. The van der Waals surface area contributed by atoms with E-state index in [1.165, 1.54) is 0 Å². The summed E-state index contributed by atoms with van der Waals surface area (Å²) in [4.78, 5) is 16.9. The SMILES string of the molecule is O=C(c1cc(Br)ccc1Cl)N1CCCN(CCBr)CC1. The van der Waals surface area contributed by atoms with Crippen molar-refractivity contribution in [2.75, 3.05) is 38.1 Å². The van der Waals surface area contributed by atoms with Gasteiger partial charge in [-0.25, -0.2) is 0 Å². The molecule has 1 aliphatic heterocycles. The van der Waals surface area contributed by atoms with E-state index >= 15 is 0 Å². The van der Waals surface area contributed by atoms with Gasteiger partial charge >= 0.3 is 0 Å². The molecule has 1 heterocycles. The number of hydrogen-bond donors (Lipinski definition) is 0. The van der Waals surface area contributed by atoms with Crippen LogP contribution in [0.15, 0.2) is 22.7 Å². The maximum absolute atomic E-state index is 12.6. The van der Waals surface area contributed by atoms with Gasteiger partial charge in [0.2, 0.25) is 0 Å². The normalized spacial score (nSPS) is 17.1. The monoisotopic (exact) mass is 422 g/mol. The third-order valence-electron chi connectivity index (χ3n) is 3.44. The van der Waals surface area contributed by atoms with E-state index < -0.39 is 0 Å². The molecule has 0 aromatic heterocycles. The average molecular weight is 425 g/mol. The zero-order valence-corrected chi connectivity index (χ0v) is 15.0. The van der Waals surface area contributed by atoms with Gasteiger partial charge in [0.1, 0.15) is 0 Å². The largest absolute Gasteiger partial charge is 0.337 e. The standard InChI is InChI=1S/C14H17Br2ClN2O/c15-4-7-18-5-1-6-19(9-8-18)14(20)12-10-11(16)2-3-13(12)17/h2-3,10H,1,4-9H2. The topological polar surface area (TPSA) is 23.6 Å². The van der Waals surface area contributed by atoms with Gasteiger partial charge in [-0.15, -0.1) is 0 Å². The zero-order valence-electron chi connectivity index (χ0n) is 11.1. The van der Waals surface area contributed by atoms with Crippen LogP contribution in [0.5, 0.6) is 0 Å². The molecular weight excluding hydrogens is 407 g/mol. The van der Waals surface area contributed by atoms with Crippen molar-refractivity contribution >= 4 is 49.4 Å². The van der Waals surface area contributed by atoms with Crippen LogP contribution in [0.25, 0.3) is 0 Å². The van der Waals surface area contributed by atoms with Gasteiger partial charge in [0.05, 0.1) is 10.6 Å². The average Bonchev–Trinajstić information content (AvgIpc) is 2.67. The number of rotatable bonds is 3. The van der Waals surface area contributed by atoms with E-state index in [0.29, 0.717) is 10.6 Å². The summed E-state index contributed by atoms with van der Waals surface area (Å²) in [5.74, 6) is 0.0250. The molecular formula is C14H17Br2ClN2O. The number of benzene rings is 1. The van der Waals surface area contributed by atoms with Gasteiger partial charge in [-0.05, 0) is 31.2 Å². The van der Waals surface area contributed by atoms with Gasteiger partial charge in [0, 0.05) is 36.0 Å². The third-order valence-corrected chi connectivity index (χ3v) is 4.61. The first-order valence-electron chi connectivity index (χ1n) is 6.64. The van der Waals surface area contributed by atoms with Crippen LogP contribution >= 0.6 is 43.5 Å². The molecule has 0 spiro atoms. The molecule has 1 fully saturated rings. The van der Waals surface area contributed by atoms with E-state index in [0.717, 1.165) is 48.9 Å². The van der Waals surface area contributed by atoms with E-state index in [9.17, 15) is 4.79 Å². The minimum Gasteiger partial charge on any atom is -0.337 e. The Morgan fingerprint density at radius 3 is 2.80 bits per heavy atom. The van der Waals surface area contributed by atoms with E-state index in [4.69, 9.17) is 11.6 Å². The molecule has 1 amide bonds. The van der Waals surface area contributed by atoms with Gasteiger partial charge in [-0.3, -0.25) is 4.79 Å². The molecule has 1 aromatic carbocycles. The highest BCUT2D eigenvalue weighted by Crippen LogP contribution is 2.23. The van der Waals surface area contributed by atoms with Crippen molar-refractivity contribution in [3.8, 4) is 0 Å². The molecule has 0 aliphatic carbocycles. The van der Waals surface area contributed by atoms with Crippen LogP contribution in [0.1, 0.15) is 16.8 Å². The molecule has 2 rings (SSSR count).